The Balaban J connectivity index is 1.46. The monoisotopic (exact) mass is 361 g/mol. The Labute approximate surface area is 151 Å². The van der Waals surface area contributed by atoms with Crippen molar-refractivity contribution in [2.75, 3.05) is 5.32 Å². The first-order valence-electron chi connectivity index (χ1n) is 8.67. The summed E-state index contributed by atoms with van der Waals surface area (Å²) in [4.78, 5) is 12.4. The first kappa shape index (κ1) is 18.2. The number of hydrogen-bond donors (Lipinski definition) is 1. The van der Waals surface area contributed by atoms with Crippen molar-refractivity contribution < 1.29 is 23.0 Å². The lowest BCUT2D eigenvalue weighted by Crippen LogP contribution is -2.31. The van der Waals surface area contributed by atoms with E-state index in [9.17, 15) is 13.6 Å². The standard InChI is InChI=1S/C20H21F2NO3/c21-20(22)26-18-12-8-15(9-13-18)23-19(24)14-6-10-17(11-7-14)25-16-4-2-1-3-5-16/h1-5,8-9,12-14,17,20H,6-7,10-11H2,(H,23,24). The molecule has 4 nitrogen and oxygen atoms in total. The Kier molecular flexibility index (Phi) is 6.04. The van der Waals surface area contributed by atoms with E-state index >= 15 is 0 Å². The maximum Gasteiger partial charge on any atom is 0.387 e. The average molecular weight is 361 g/mol. The van der Waals surface area contributed by atoms with E-state index in [-0.39, 0.29) is 23.7 Å². The zero-order valence-corrected chi connectivity index (χ0v) is 14.2. The predicted octanol–water partition coefficient (Wildman–Crippen LogP) is 4.86. The van der Waals surface area contributed by atoms with Crippen molar-refractivity contribution in [1.29, 1.82) is 0 Å². The Morgan fingerprint density at radius 1 is 0.923 bits per heavy atom. The van der Waals surface area contributed by atoms with Crippen LogP contribution in [0.2, 0.25) is 0 Å². The number of para-hydroxylation sites is 1. The number of alkyl halides is 2. The van der Waals surface area contributed by atoms with Crippen molar-refractivity contribution in [3.8, 4) is 11.5 Å². The maximum atomic E-state index is 12.4. The molecule has 6 heteroatoms. The number of carbonyl (C=O) groups excluding carboxylic acids is 1. The van der Waals surface area contributed by atoms with E-state index in [0.29, 0.717) is 5.69 Å². The van der Waals surface area contributed by atoms with Gasteiger partial charge in [0, 0.05) is 11.6 Å². The third-order valence-electron chi connectivity index (χ3n) is 4.44. The highest BCUT2D eigenvalue weighted by molar-refractivity contribution is 5.92. The van der Waals surface area contributed by atoms with Crippen LogP contribution in [0.3, 0.4) is 0 Å². The zero-order valence-electron chi connectivity index (χ0n) is 14.2. The number of carbonyl (C=O) groups is 1. The van der Waals surface area contributed by atoms with Crippen LogP contribution in [0.4, 0.5) is 14.5 Å². The van der Waals surface area contributed by atoms with Gasteiger partial charge in [0.15, 0.2) is 0 Å². The molecule has 2 aromatic rings. The highest BCUT2D eigenvalue weighted by Gasteiger charge is 2.27. The highest BCUT2D eigenvalue weighted by atomic mass is 19.3. The van der Waals surface area contributed by atoms with Gasteiger partial charge in [0.1, 0.15) is 11.5 Å². The van der Waals surface area contributed by atoms with Gasteiger partial charge >= 0.3 is 6.61 Å². The van der Waals surface area contributed by atoms with E-state index < -0.39 is 6.61 Å². The van der Waals surface area contributed by atoms with Gasteiger partial charge in [-0.1, -0.05) is 18.2 Å². The molecule has 2 aromatic carbocycles. The Hall–Kier alpha value is -2.63. The molecule has 0 aliphatic heterocycles. The topological polar surface area (TPSA) is 47.6 Å². The number of rotatable bonds is 6. The molecular weight excluding hydrogens is 340 g/mol. The van der Waals surface area contributed by atoms with Crippen LogP contribution in [-0.2, 0) is 4.79 Å². The maximum absolute atomic E-state index is 12.4. The number of benzene rings is 2. The summed E-state index contributed by atoms with van der Waals surface area (Å²) in [5.74, 6) is 0.802. The zero-order chi connectivity index (χ0) is 18.4. The molecule has 1 aliphatic carbocycles. The normalized spacial score (nSPS) is 19.8. The quantitative estimate of drug-likeness (QED) is 0.799. The molecular formula is C20H21F2NO3. The van der Waals surface area contributed by atoms with Crippen LogP contribution in [0.1, 0.15) is 25.7 Å². The van der Waals surface area contributed by atoms with E-state index in [1.54, 1.807) is 12.1 Å². The van der Waals surface area contributed by atoms with Gasteiger partial charge in [0.25, 0.3) is 0 Å². The summed E-state index contributed by atoms with van der Waals surface area (Å²) < 4.78 is 34.5. The molecule has 0 saturated heterocycles. The van der Waals surface area contributed by atoms with Gasteiger partial charge in [0.2, 0.25) is 5.91 Å². The lowest BCUT2D eigenvalue weighted by Gasteiger charge is -2.28. The molecule has 138 valence electrons. The number of hydrogen-bond acceptors (Lipinski definition) is 3. The van der Waals surface area contributed by atoms with Gasteiger partial charge in [-0.3, -0.25) is 4.79 Å². The SMILES string of the molecule is O=C(Nc1ccc(OC(F)F)cc1)C1CCC(Oc2ccccc2)CC1. The molecule has 26 heavy (non-hydrogen) atoms. The Morgan fingerprint density at radius 3 is 2.19 bits per heavy atom. The summed E-state index contributed by atoms with van der Waals surface area (Å²) in [6, 6.07) is 15.6. The minimum Gasteiger partial charge on any atom is -0.490 e. The lowest BCUT2D eigenvalue weighted by molar-refractivity contribution is -0.121. The van der Waals surface area contributed by atoms with Crippen LogP contribution in [0.15, 0.2) is 54.6 Å². The van der Waals surface area contributed by atoms with Crippen LogP contribution < -0.4 is 14.8 Å². The number of ether oxygens (including phenoxy) is 2. The number of anilines is 1. The van der Waals surface area contributed by atoms with Crippen molar-refractivity contribution in [3.63, 3.8) is 0 Å². The molecule has 0 spiro atoms. The van der Waals surface area contributed by atoms with Crippen molar-refractivity contribution in [2.24, 2.45) is 5.92 Å². The molecule has 1 saturated carbocycles. The van der Waals surface area contributed by atoms with Crippen LogP contribution in [0, 0.1) is 5.92 Å². The summed E-state index contributed by atoms with van der Waals surface area (Å²) in [7, 11) is 0. The third-order valence-corrected chi connectivity index (χ3v) is 4.44. The molecule has 1 fully saturated rings. The van der Waals surface area contributed by atoms with E-state index in [1.165, 1.54) is 12.1 Å². The number of amides is 1. The molecule has 1 aliphatic rings. The van der Waals surface area contributed by atoms with E-state index in [0.717, 1.165) is 31.4 Å². The summed E-state index contributed by atoms with van der Waals surface area (Å²) >= 11 is 0. The van der Waals surface area contributed by atoms with Crippen molar-refractivity contribution >= 4 is 11.6 Å². The number of halogens is 2. The van der Waals surface area contributed by atoms with Crippen molar-refractivity contribution in [3.05, 3.63) is 54.6 Å². The molecule has 0 heterocycles. The second-order valence-electron chi connectivity index (χ2n) is 6.30. The van der Waals surface area contributed by atoms with Crippen LogP contribution in [0.25, 0.3) is 0 Å². The van der Waals surface area contributed by atoms with Crippen LogP contribution >= 0.6 is 0 Å². The number of nitrogens with one attached hydrogen (secondary N) is 1. The minimum atomic E-state index is -2.86. The smallest absolute Gasteiger partial charge is 0.387 e. The van der Waals surface area contributed by atoms with Crippen molar-refractivity contribution in [2.45, 2.75) is 38.4 Å². The first-order chi connectivity index (χ1) is 12.6. The summed E-state index contributed by atoms with van der Waals surface area (Å²) in [6.07, 6.45) is 3.31. The van der Waals surface area contributed by atoms with E-state index in [4.69, 9.17) is 4.74 Å². The first-order valence-corrected chi connectivity index (χ1v) is 8.67. The van der Waals surface area contributed by atoms with Crippen LogP contribution in [0.5, 0.6) is 11.5 Å². The largest absolute Gasteiger partial charge is 0.490 e. The molecule has 0 radical (unpaired) electrons. The molecule has 0 bridgehead atoms. The molecule has 0 unspecified atom stereocenters. The lowest BCUT2D eigenvalue weighted by atomic mass is 9.86. The minimum absolute atomic E-state index is 0.0503. The summed E-state index contributed by atoms with van der Waals surface area (Å²) in [5, 5.41) is 2.83. The highest BCUT2D eigenvalue weighted by Crippen LogP contribution is 2.29. The second-order valence-corrected chi connectivity index (χ2v) is 6.30. The Morgan fingerprint density at radius 2 is 1.58 bits per heavy atom. The summed E-state index contributed by atoms with van der Waals surface area (Å²) in [6.45, 7) is -2.86. The molecule has 1 amide bonds. The van der Waals surface area contributed by atoms with Crippen LogP contribution in [-0.4, -0.2) is 18.6 Å². The van der Waals surface area contributed by atoms with Gasteiger partial charge in [-0.25, -0.2) is 0 Å². The molecule has 3 rings (SSSR count). The molecule has 0 atom stereocenters. The van der Waals surface area contributed by atoms with E-state index in [2.05, 4.69) is 10.1 Å². The molecule has 0 aromatic heterocycles. The summed E-state index contributed by atoms with van der Waals surface area (Å²) in [5.41, 5.74) is 0.569. The third kappa shape index (κ3) is 5.18. The van der Waals surface area contributed by atoms with E-state index in [1.807, 2.05) is 30.3 Å². The predicted molar refractivity (Wildman–Crippen MR) is 94.5 cm³/mol. The second kappa shape index (κ2) is 8.65. The van der Waals surface area contributed by atoms with Gasteiger partial charge in [0.05, 0.1) is 6.10 Å². The van der Waals surface area contributed by atoms with Crippen molar-refractivity contribution in [1.82, 2.24) is 0 Å². The fourth-order valence-corrected chi connectivity index (χ4v) is 3.10. The van der Waals surface area contributed by atoms with Gasteiger partial charge in [-0.2, -0.15) is 8.78 Å². The Bertz CT molecular complexity index is 699. The fourth-order valence-electron chi connectivity index (χ4n) is 3.10. The molecule has 1 N–H and O–H groups in total. The fraction of sp³-hybridized carbons (Fsp3) is 0.350. The average Bonchev–Trinajstić information content (AvgIpc) is 2.64. The van der Waals surface area contributed by atoms with Gasteiger partial charge < -0.3 is 14.8 Å². The van der Waals surface area contributed by atoms with Gasteiger partial charge in [-0.15, -0.1) is 0 Å². The van der Waals surface area contributed by atoms with Gasteiger partial charge in [-0.05, 0) is 62.1 Å².